The third kappa shape index (κ3) is 4.19. The van der Waals surface area contributed by atoms with Crippen LogP contribution in [0.15, 0.2) is 48.0 Å². The quantitative estimate of drug-likeness (QED) is 0.318. The minimum Gasteiger partial charge on any atom is -0.709 e. The van der Waals surface area contributed by atoms with Crippen LogP contribution >= 0.6 is 0 Å². The van der Waals surface area contributed by atoms with Gasteiger partial charge in [-0.1, -0.05) is 12.1 Å². The minimum absolute atomic E-state index is 0. The first kappa shape index (κ1) is 20.6. The van der Waals surface area contributed by atoms with Gasteiger partial charge in [-0.05, 0) is 19.1 Å². The average Bonchev–Trinajstić information content (AvgIpc) is 3.08. The zero-order valence-corrected chi connectivity index (χ0v) is 15.4. The van der Waals surface area contributed by atoms with Crippen molar-refractivity contribution in [3.8, 4) is 5.75 Å². The van der Waals surface area contributed by atoms with Gasteiger partial charge in [0.1, 0.15) is 23.7 Å². The second kappa shape index (κ2) is 8.82. The number of nitrogens with zero attached hydrogens (tertiary/aromatic N) is 5. The van der Waals surface area contributed by atoms with Gasteiger partial charge < -0.3 is 15.4 Å². The predicted molar refractivity (Wildman–Crippen MR) is 92.4 cm³/mol. The third-order valence-corrected chi connectivity index (χ3v) is 3.86. The van der Waals surface area contributed by atoms with E-state index in [0.717, 1.165) is 10.9 Å². The SMILES string of the molecule is C[C-]=C(N=[N-])c1cc(O[C@H](C)c2ccccn2)c2c(c1)ncn2C(F)F.[Ni+2]. The van der Waals surface area contributed by atoms with E-state index in [1.807, 2.05) is 6.07 Å². The Bertz CT molecular complexity index is 959. The molecule has 0 aliphatic rings. The second-order valence-electron chi connectivity index (χ2n) is 5.48. The number of hydrogen-bond acceptors (Lipinski definition) is 4. The van der Waals surface area contributed by atoms with Crippen molar-refractivity contribution in [1.29, 1.82) is 0 Å². The van der Waals surface area contributed by atoms with Gasteiger partial charge >= 0.3 is 23.0 Å². The molecule has 0 amide bonds. The van der Waals surface area contributed by atoms with E-state index in [2.05, 4.69) is 21.2 Å². The number of rotatable bonds is 6. The van der Waals surface area contributed by atoms with Gasteiger partial charge in [-0.3, -0.25) is 15.6 Å². The van der Waals surface area contributed by atoms with Crippen molar-refractivity contribution >= 4 is 16.7 Å². The summed E-state index contributed by atoms with van der Waals surface area (Å²) < 4.78 is 33.3. The summed E-state index contributed by atoms with van der Waals surface area (Å²) in [5.74, 6) is 0.185. The molecule has 27 heavy (non-hydrogen) atoms. The number of halogens is 2. The van der Waals surface area contributed by atoms with Crippen LogP contribution in [0.25, 0.3) is 22.3 Å². The number of fused-ring (bicyclic) bond motifs is 1. The predicted octanol–water partition coefficient (Wildman–Crippen LogP) is 5.15. The summed E-state index contributed by atoms with van der Waals surface area (Å²) >= 11 is 0. The maximum atomic E-state index is 13.3. The van der Waals surface area contributed by atoms with Crippen LogP contribution in [-0.2, 0) is 16.5 Å². The Morgan fingerprint density at radius 2 is 2.07 bits per heavy atom. The molecule has 2 aromatic heterocycles. The first-order valence-corrected chi connectivity index (χ1v) is 7.81. The van der Waals surface area contributed by atoms with Gasteiger partial charge in [0.05, 0.1) is 11.2 Å². The van der Waals surface area contributed by atoms with Gasteiger partial charge in [0.25, 0.3) is 0 Å². The Morgan fingerprint density at radius 1 is 1.30 bits per heavy atom. The van der Waals surface area contributed by atoms with Gasteiger partial charge in [0.2, 0.25) is 0 Å². The van der Waals surface area contributed by atoms with E-state index in [1.54, 1.807) is 32.2 Å². The van der Waals surface area contributed by atoms with Crippen molar-refractivity contribution in [2.24, 2.45) is 5.11 Å². The summed E-state index contributed by atoms with van der Waals surface area (Å²) in [6, 6.07) is 8.43. The van der Waals surface area contributed by atoms with Crippen molar-refractivity contribution in [1.82, 2.24) is 14.5 Å². The minimum atomic E-state index is -2.77. The van der Waals surface area contributed by atoms with Crippen LogP contribution in [-0.4, -0.2) is 14.5 Å². The Morgan fingerprint density at radius 3 is 2.67 bits per heavy atom. The zero-order valence-electron chi connectivity index (χ0n) is 14.4. The average molecular weight is 414 g/mol. The number of hydrogen-bond donors (Lipinski definition) is 0. The first-order chi connectivity index (χ1) is 12.5. The van der Waals surface area contributed by atoms with E-state index in [4.69, 9.17) is 10.3 Å². The maximum absolute atomic E-state index is 13.3. The van der Waals surface area contributed by atoms with Crippen molar-refractivity contribution in [3.05, 3.63) is 65.7 Å². The Kier molecular flexibility index (Phi) is 6.74. The van der Waals surface area contributed by atoms with E-state index in [1.165, 1.54) is 12.1 Å². The standard InChI is InChI=1S/C18H15F2N5O.Ni/c1-3-13(24-21)12-8-15-17(25(10-23-15)18(19)20)16(9-12)26-11(2)14-6-4-5-7-22-14;/h4-11,18H,1-2H3;/q-2;+2/t11-;/m1./s1. The largest absolute Gasteiger partial charge is 2.00 e. The normalized spacial score (nSPS) is 12.7. The van der Waals surface area contributed by atoms with Crippen LogP contribution in [0.4, 0.5) is 8.78 Å². The maximum Gasteiger partial charge on any atom is 2.00 e. The van der Waals surface area contributed by atoms with Gasteiger partial charge in [-0.15, -0.1) is 24.3 Å². The van der Waals surface area contributed by atoms with Gasteiger partial charge in [0, 0.05) is 6.20 Å². The molecule has 0 radical (unpaired) electrons. The molecule has 2 heterocycles. The van der Waals surface area contributed by atoms with Gasteiger partial charge in [-0.2, -0.15) is 8.78 Å². The molecule has 0 fully saturated rings. The molecule has 0 aliphatic heterocycles. The second-order valence-corrected chi connectivity index (χ2v) is 5.48. The summed E-state index contributed by atoms with van der Waals surface area (Å²) in [7, 11) is 0. The van der Waals surface area contributed by atoms with Crippen molar-refractivity contribution in [2.45, 2.75) is 26.5 Å². The molecule has 3 aromatic rings. The zero-order chi connectivity index (χ0) is 18.7. The fourth-order valence-electron chi connectivity index (χ4n) is 2.63. The van der Waals surface area contributed by atoms with Crippen LogP contribution in [0.2, 0.25) is 0 Å². The molecule has 0 saturated carbocycles. The fraction of sp³-hybridized carbons (Fsp3) is 0.222. The van der Waals surface area contributed by atoms with Crippen molar-refractivity contribution in [2.75, 3.05) is 0 Å². The smallest absolute Gasteiger partial charge is 0.709 e. The van der Waals surface area contributed by atoms with Gasteiger partial charge in [-0.25, -0.2) is 4.98 Å². The molecular formula is C18H15F2N5NiO. The summed E-state index contributed by atoms with van der Waals surface area (Å²) in [4.78, 5) is 8.23. The molecule has 9 heteroatoms. The molecule has 142 valence electrons. The molecule has 0 aliphatic carbocycles. The number of pyridine rings is 1. The summed E-state index contributed by atoms with van der Waals surface area (Å²) in [5, 5.41) is 3.16. The first-order valence-electron chi connectivity index (χ1n) is 7.81. The van der Waals surface area contributed by atoms with E-state index < -0.39 is 12.7 Å². The van der Waals surface area contributed by atoms with Crippen LogP contribution in [0.5, 0.6) is 5.75 Å². The van der Waals surface area contributed by atoms with E-state index in [-0.39, 0.29) is 33.5 Å². The number of benzene rings is 1. The van der Waals surface area contributed by atoms with E-state index in [0.29, 0.717) is 16.8 Å². The topological polar surface area (TPSA) is 74.6 Å². The number of allylic oxidation sites excluding steroid dienone is 1. The number of aromatic nitrogens is 3. The molecule has 0 unspecified atom stereocenters. The number of alkyl halides is 2. The fourth-order valence-corrected chi connectivity index (χ4v) is 2.63. The molecule has 6 nitrogen and oxygen atoms in total. The Hall–Kier alpha value is -2.67. The molecule has 0 bridgehead atoms. The number of ether oxygens (including phenoxy) is 1. The third-order valence-electron chi connectivity index (χ3n) is 3.86. The van der Waals surface area contributed by atoms with Gasteiger partial charge in [0.15, 0.2) is 0 Å². The summed E-state index contributed by atoms with van der Waals surface area (Å²) in [5.41, 5.74) is 10.8. The molecular weight excluding hydrogens is 399 g/mol. The van der Waals surface area contributed by atoms with E-state index >= 15 is 0 Å². The number of imidazole rings is 1. The van der Waals surface area contributed by atoms with Crippen molar-refractivity contribution in [3.63, 3.8) is 0 Å². The monoisotopic (exact) mass is 413 g/mol. The van der Waals surface area contributed by atoms with Crippen LogP contribution in [0.1, 0.15) is 37.8 Å². The molecule has 1 atom stereocenters. The summed E-state index contributed by atoms with van der Waals surface area (Å²) in [6.07, 6.45) is 4.91. The Balaban J connectivity index is 0.00000261. The molecule has 0 saturated heterocycles. The summed E-state index contributed by atoms with van der Waals surface area (Å²) in [6.45, 7) is 0.575. The van der Waals surface area contributed by atoms with Crippen LogP contribution in [0, 0.1) is 6.08 Å². The molecule has 3 rings (SSSR count). The van der Waals surface area contributed by atoms with E-state index in [9.17, 15) is 8.78 Å². The molecule has 0 spiro atoms. The Labute approximate surface area is 164 Å². The van der Waals surface area contributed by atoms with Crippen molar-refractivity contribution < 1.29 is 30.0 Å². The van der Waals surface area contributed by atoms with Crippen LogP contribution < -0.4 is 4.74 Å². The molecule has 0 N–H and O–H groups in total. The van der Waals surface area contributed by atoms with Crippen LogP contribution in [0.3, 0.4) is 0 Å². The molecule has 1 aromatic carbocycles.